The Balaban J connectivity index is 1.49. The number of aromatic nitrogens is 2. The molecule has 1 N–H and O–H groups in total. The third-order valence-corrected chi connectivity index (χ3v) is 5.07. The molecule has 0 bridgehead atoms. The van der Waals surface area contributed by atoms with Crippen molar-refractivity contribution in [2.24, 2.45) is 0 Å². The summed E-state index contributed by atoms with van der Waals surface area (Å²) < 4.78 is 5.50. The van der Waals surface area contributed by atoms with E-state index in [0.717, 1.165) is 38.3 Å². The van der Waals surface area contributed by atoms with Crippen LogP contribution in [0.4, 0.5) is 5.69 Å². The molecule has 0 spiro atoms. The summed E-state index contributed by atoms with van der Waals surface area (Å²) in [5.41, 5.74) is 3.70. The molecule has 1 aliphatic rings. The SMILES string of the molecule is COCC(c1ccccc1)N1CCN(c2cccc3[nH]ncc23)CC1. The second-order valence-electron chi connectivity index (χ2n) is 6.51. The lowest BCUT2D eigenvalue weighted by Crippen LogP contribution is -2.48. The molecule has 1 aromatic heterocycles. The van der Waals surface area contributed by atoms with Crippen molar-refractivity contribution in [2.75, 3.05) is 44.8 Å². The van der Waals surface area contributed by atoms with E-state index in [1.54, 1.807) is 7.11 Å². The lowest BCUT2D eigenvalue weighted by molar-refractivity contribution is 0.0857. The van der Waals surface area contributed by atoms with Gasteiger partial charge in [0.25, 0.3) is 0 Å². The topological polar surface area (TPSA) is 44.4 Å². The Morgan fingerprint density at radius 1 is 1.04 bits per heavy atom. The number of piperazine rings is 1. The zero-order valence-electron chi connectivity index (χ0n) is 14.6. The fourth-order valence-electron chi connectivity index (χ4n) is 3.75. The van der Waals surface area contributed by atoms with E-state index in [-0.39, 0.29) is 0 Å². The van der Waals surface area contributed by atoms with Crippen LogP contribution in [-0.4, -0.2) is 55.0 Å². The summed E-state index contributed by atoms with van der Waals surface area (Å²) in [5.74, 6) is 0. The van der Waals surface area contributed by atoms with E-state index in [1.807, 2.05) is 6.20 Å². The molecular formula is C20H24N4O. The van der Waals surface area contributed by atoms with Gasteiger partial charge < -0.3 is 9.64 Å². The molecule has 1 fully saturated rings. The maximum atomic E-state index is 5.50. The van der Waals surface area contributed by atoms with Crippen molar-refractivity contribution in [1.82, 2.24) is 15.1 Å². The molecule has 1 saturated heterocycles. The molecule has 0 saturated carbocycles. The third kappa shape index (κ3) is 3.25. The van der Waals surface area contributed by atoms with Crippen LogP contribution in [0, 0.1) is 0 Å². The van der Waals surface area contributed by atoms with E-state index >= 15 is 0 Å². The smallest absolute Gasteiger partial charge is 0.0671 e. The number of H-pyrrole nitrogens is 1. The van der Waals surface area contributed by atoms with Crippen LogP contribution in [0.25, 0.3) is 10.9 Å². The van der Waals surface area contributed by atoms with Crippen molar-refractivity contribution in [1.29, 1.82) is 0 Å². The molecule has 0 amide bonds. The maximum Gasteiger partial charge on any atom is 0.0671 e. The first kappa shape index (κ1) is 16.1. The number of aromatic amines is 1. The van der Waals surface area contributed by atoms with Crippen LogP contribution >= 0.6 is 0 Å². The molecule has 2 aromatic carbocycles. The number of nitrogens with zero attached hydrogens (tertiary/aromatic N) is 3. The van der Waals surface area contributed by atoms with E-state index in [2.05, 4.69) is 68.5 Å². The molecular weight excluding hydrogens is 312 g/mol. The predicted molar refractivity (Wildman–Crippen MR) is 101 cm³/mol. The number of hydrogen-bond acceptors (Lipinski definition) is 4. The minimum atomic E-state index is 0.318. The fourth-order valence-corrected chi connectivity index (χ4v) is 3.75. The largest absolute Gasteiger partial charge is 0.383 e. The summed E-state index contributed by atoms with van der Waals surface area (Å²) >= 11 is 0. The molecule has 5 heteroatoms. The molecule has 4 rings (SSSR count). The Morgan fingerprint density at radius 3 is 2.60 bits per heavy atom. The van der Waals surface area contributed by atoms with Crippen molar-refractivity contribution < 1.29 is 4.74 Å². The summed E-state index contributed by atoms with van der Waals surface area (Å²) in [6.45, 7) is 4.80. The van der Waals surface area contributed by atoms with Gasteiger partial charge in [-0.25, -0.2) is 0 Å². The minimum Gasteiger partial charge on any atom is -0.383 e. The van der Waals surface area contributed by atoms with Crippen molar-refractivity contribution in [3.8, 4) is 0 Å². The van der Waals surface area contributed by atoms with Gasteiger partial charge in [0.2, 0.25) is 0 Å². The van der Waals surface area contributed by atoms with Crippen molar-refractivity contribution in [3.63, 3.8) is 0 Å². The van der Waals surface area contributed by atoms with Crippen LogP contribution in [0.2, 0.25) is 0 Å². The lowest BCUT2D eigenvalue weighted by Gasteiger charge is -2.40. The highest BCUT2D eigenvalue weighted by molar-refractivity contribution is 5.91. The zero-order valence-corrected chi connectivity index (χ0v) is 14.6. The Hall–Kier alpha value is -2.37. The van der Waals surface area contributed by atoms with Gasteiger partial charge in [-0.2, -0.15) is 5.10 Å². The van der Waals surface area contributed by atoms with Gasteiger partial charge in [-0.15, -0.1) is 0 Å². The number of nitrogens with one attached hydrogen (secondary N) is 1. The first-order chi connectivity index (χ1) is 12.4. The van der Waals surface area contributed by atoms with Gasteiger partial charge in [-0.05, 0) is 17.7 Å². The van der Waals surface area contributed by atoms with E-state index in [0.29, 0.717) is 6.04 Å². The Kier molecular flexibility index (Phi) is 4.68. The number of rotatable bonds is 5. The summed E-state index contributed by atoms with van der Waals surface area (Å²) in [6.07, 6.45) is 1.93. The van der Waals surface area contributed by atoms with Crippen LogP contribution in [0.1, 0.15) is 11.6 Å². The van der Waals surface area contributed by atoms with Crippen LogP contribution in [-0.2, 0) is 4.74 Å². The number of ether oxygens (including phenoxy) is 1. The lowest BCUT2D eigenvalue weighted by atomic mass is 10.0. The number of benzene rings is 2. The molecule has 5 nitrogen and oxygen atoms in total. The quantitative estimate of drug-likeness (QED) is 0.778. The van der Waals surface area contributed by atoms with Gasteiger partial charge in [0.1, 0.15) is 0 Å². The highest BCUT2D eigenvalue weighted by atomic mass is 16.5. The highest BCUT2D eigenvalue weighted by Gasteiger charge is 2.25. The minimum absolute atomic E-state index is 0.318. The molecule has 2 heterocycles. The van der Waals surface area contributed by atoms with Crippen molar-refractivity contribution in [3.05, 3.63) is 60.3 Å². The highest BCUT2D eigenvalue weighted by Crippen LogP contribution is 2.28. The standard InChI is InChI=1S/C20H24N4O/c1-25-15-20(16-6-3-2-4-7-16)24-12-10-23(11-13-24)19-9-5-8-18-17(19)14-21-22-18/h2-9,14,20H,10-13,15H2,1H3,(H,21,22). The molecule has 0 radical (unpaired) electrons. The molecule has 1 atom stereocenters. The molecule has 130 valence electrons. The average molecular weight is 336 g/mol. The van der Waals surface area contributed by atoms with Gasteiger partial charge in [-0.1, -0.05) is 36.4 Å². The molecule has 0 aliphatic carbocycles. The monoisotopic (exact) mass is 336 g/mol. The van der Waals surface area contributed by atoms with Crippen LogP contribution in [0.15, 0.2) is 54.7 Å². The maximum absolute atomic E-state index is 5.50. The Morgan fingerprint density at radius 2 is 1.84 bits per heavy atom. The number of fused-ring (bicyclic) bond motifs is 1. The van der Waals surface area contributed by atoms with E-state index in [1.165, 1.54) is 16.6 Å². The molecule has 25 heavy (non-hydrogen) atoms. The van der Waals surface area contributed by atoms with Crippen molar-refractivity contribution in [2.45, 2.75) is 6.04 Å². The second kappa shape index (κ2) is 7.25. The number of methoxy groups -OCH3 is 1. The van der Waals surface area contributed by atoms with Crippen molar-refractivity contribution >= 4 is 16.6 Å². The van der Waals surface area contributed by atoms with Gasteiger partial charge in [0, 0.05) is 44.4 Å². The third-order valence-electron chi connectivity index (χ3n) is 5.07. The first-order valence-electron chi connectivity index (χ1n) is 8.82. The van der Waals surface area contributed by atoms with E-state index in [9.17, 15) is 0 Å². The average Bonchev–Trinajstić information content (AvgIpc) is 3.16. The van der Waals surface area contributed by atoms with Gasteiger partial charge in [0.05, 0.1) is 24.4 Å². The van der Waals surface area contributed by atoms with E-state index in [4.69, 9.17) is 4.74 Å². The predicted octanol–water partition coefficient (Wildman–Crippen LogP) is 3.07. The normalized spacial score (nSPS) is 17.1. The van der Waals surface area contributed by atoms with Gasteiger partial charge in [-0.3, -0.25) is 10.00 Å². The molecule has 1 unspecified atom stereocenters. The first-order valence-corrected chi connectivity index (χ1v) is 8.82. The zero-order chi connectivity index (χ0) is 17.1. The van der Waals surface area contributed by atoms with Crippen LogP contribution < -0.4 is 4.90 Å². The summed E-state index contributed by atoms with van der Waals surface area (Å²) in [4.78, 5) is 4.99. The molecule has 1 aliphatic heterocycles. The molecule has 3 aromatic rings. The fraction of sp³-hybridized carbons (Fsp3) is 0.350. The Bertz CT molecular complexity index is 809. The Labute approximate surface area is 148 Å². The van der Waals surface area contributed by atoms with Crippen LogP contribution in [0.5, 0.6) is 0 Å². The van der Waals surface area contributed by atoms with E-state index < -0.39 is 0 Å². The number of hydrogen-bond donors (Lipinski definition) is 1. The second-order valence-corrected chi connectivity index (χ2v) is 6.51. The van der Waals surface area contributed by atoms with Gasteiger partial charge in [0.15, 0.2) is 0 Å². The summed E-state index contributed by atoms with van der Waals surface area (Å²) in [6, 6.07) is 17.4. The van der Waals surface area contributed by atoms with Gasteiger partial charge >= 0.3 is 0 Å². The number of anilines is 1. The van der Waals surface area contributed by atoms with Crippen LogP contribution in [0.3, 0.4) is 0 Å². The summed E-state index contributed by atoms with van der Waals surface area (Å²) in [7, 11) is 1.78. The summed E-state index contributed by atoms with van der Waals surface area (Å²) in [5, 5.41) is 8.45.